The first kappa shape index (κ1) is 14.5. The van der Waals surface area contributed by atoms with Gasteiger partial charge in [0.25, 0.3) is 0 Å². The summed E-state index contributed by atoms with van der Waals surface area (Å²) >= 11 is 0. The highest BCUT2D eigenvalue weighted by atomic mass is 16.4. The third-order valence-electron chi connectivity index (χ3n) is 4.12. The van der Waals surface area contributed by atoms with Crippen molar-refractivity contribution in [2.75, 3.05) is 18.0 Å². The zero-order chi connectivity index (χ0) is 15.5. The standard InChI is InChI=1S/C15H19N5O2/c1-2-20-10-12(7-18-20)11-3-5-19(6-4-11)14-9-16-13(8-17-14)15(21)22/h7-11H,2-6H2,1H3,(H,21,22). The second-order valence-electron chi connectivity index (χ2n) is 5.46. The Hall–Kier alpha value is -2.44. The predicted molar refractivity (Wildman–Crippen MR) is 81.1 cm³/mol. The monoisotopic (exact) mass is 301 g/mol. The lowest BCUT2D eigenvalue weighted by molar-refractivity contribution is 0.0690. The number of hydrogen-bond acceptors (Lipinski definition) is 5. The van der Waals surface area contributed by atoms with Gasteiger partial charge in [0, 0.05) is 25.8 Å². The van der Waals surface area contributed by atoms with E-state index in [4.69, 9.17) is 5.11 Å². The molecule has 22 heavy (non-hydrogen) atoms. The Morgan fingerprint density at radius 1 is 1.27 bits per heavy atom. The Kier molecular flexibility index (Phi) is 4.04. The van der Waals surface area contributed by atoms with Gasteiger partial charge in [0.05, 0.1) is 18.6 Å². The van der Waals surface area contributed by atoms with E-state index in [1.807, 2.05) is 10.9 Å². The Labute approximate surface area is 128 Å². The molecule has 0 saturated carbocycles. The van der Waals surface area contributed by atoms with Gasteiger partial charge in [0.15, 0.2) is 5.69 Å². The number of rotatable bonds is 4. The fraction of sp³-hybridized carbons (Fsp3) is 0.467. The van der Waals surface area contributed by atoms with Gasteiger partial charge in [-0.1, -0.05) is 0 Å². The molecule has 3 rings (SSSR count). The summed E-state index contributed by atoms with van der Waals surface area (Å²) in [5.74, 6) is 0.223. The molecule has 2 aromatic heterocycles. The zero-order valence-corrected chi connectivity index (χ0v) is 12.5. The van der Waals surface area contributed by atoms with E-state index in [9.17, 15) is 4.79 Å². The maximum atomic E-state index is 10.8. The highest BCUT2D eigenvalue weighted by molar-refractivity contribution is 5.84. The van der Waals surface area contributed by atoms with Crippen molar-refractivity contribution in [1.82, 2.24) is 19.7 Å². The summed E-state index contributed by atoms with van der Waals surface area (Å²) in [6, 6.07) is 0. The molecule has 1 aliphatic rings. The number of hydrogen-bond donors (Lipinski definition) is 1. The molecule has 0 aliphatic carbocycles. The number of aromatic carboxylic acids is 1. The first-order valence-corrected chi connectivity index (χ1v) is 7.50. The molecule has 1 saturated heterocycles. The minimum atomic E-state index is -1.05. The largest absolute Gasteiger partial charge is 0.476 e. The Morgan fingerprint density at radius 2 is 2.05 bits per heavy atom. The van der Waals surface area contributed by atoms with Gasteiger partial charge in [-0.25, -0.2) is 14.8 Å². The van der Waals surface area contributed by atoms with Gasteiger partial charge in [-0.05, 0) is 31.2 Å². The minimum absolute atomic E-state index is 0.0226. The van der Waals surface area contributed by atoms with E-state index < -0.39 is 5.97 Å². The van der Waals surface area contributed by atoms with Gasteiger partial charge in [0.1, 0.15) is 5.82 Å². The number of nitrogens with zero attached hydrogens (tertiary/aromatic N) is 5. The van der Waals surface area contributed by atoms with Crippen molar-refractivity contribution in [2.24, 2.45) is 0 Å². The van der Waals surface area contributed by atoms with E-state index in [2.05, 4.69) is 33.1 Å². The molecule has 0 unspecified atom stereocenters. The zero-order valence-electron chi connectivity index (χ0n) is 12.5. The lowest BCUT2D eigenvalue weighted by Gasteiger charge is -2.32. The lowest BCUT2D eigenvalue weighted by Crippen LogP contribution is -2.33. The number of carboxylic acid groups (broad SMARTS) is 1. The maximum Gasteiger partial charge on any atom is 0.356 e. The Morgan fingerprint density at radius 3 is 2.59 bits per heavy atom. The van der Waals surface area contributed by atoms with Gasteiger partial charge in [0.2, 0.25) is 0 Å². The smallest absolute Gasteiger partial charge is 0.356 e. The normalized spacial score (nSPS) is 16.0. The molecule has 116 valence electrons. The first-order valence-electron chi connectivity index (χ1n) is 7.50. The summed E-state index contributed by atoms with van der Waals surface area (Å²) in [4.78, 5) is 21.1. The van der Waals surface area contributed by atoms with Crippen LogP contribution >= 0.6 is 0 Å². The topological polar surface area (TPSA) is 84.1 Å². The van der Waals surface area contributed by atoms with E-state index in [1.165, 1.54) is 11.8 Å². The third kappa shape index (κ3) is 2.93. The van der Waals surface area contributed by atoms with Crippen molar-refractivity contribution in [3.8, 4) is 0 Å². The van der Waals surface area contributed by atoms with Crippen LogP contribution in [0, 0.1) is 0 Å². The van der Waals surface area contributed by atoms with E-state index in [-0.39, 0.29) is 5.69 Å². The van der Waals surface area contributed by atoms with Gasteiger partial charge in [-0.3, -0.25) is 4.68 Å². The van der Waals surface area contributed by atoms with Crippen LogP contribution < -0.4 is 4.90 Å². The van der Waals surface area contributed by atoms with Gasteiger partial charge in [-0.15, -0.1) is 0 Å². The second kappa shape index (κ2) is 6.13. The molecule has 1 fully saturated rings. The maximum absolute atomic E-state index is 10.8. The molecule has 1 N–H and O–H groups in total. The van der Waals surface area contributed by atoms with E-state index in [0.29, 0.717) is 5.92 Å². The summed E-state index contributed by atoms with van der Waals surface area (Å²) in [6.07, 6.45) is 9.02. The number of piperidine rings is 1. The number of aryl methyl sites for hydroxylation is 1. The van der Waals surface area contributed by atoms with Crippen LogP contribution in [0.5, 0.6) is 0 Å². The van der Waals surface area contributed by atoms with Crippen LogP contribution in [-0.4, -0.2) is 43.9 Å². The van der Waals surface area contributed by atoms with Crippen molar-refractivity contribution in [1.29, 1.82) is 0 Å². The lowest BCUT2D eigenvalue weighted by atomic mass is 9.91. The number of aromatic nitrogens is 4. The Balaban J connectivity index is 1.62. The average molecular weight is 301 g/mol. The first-order chi connectivity index (χ1) is 10.7. The molecule has 0 atom stereocenters. The fourth-order valence-electron chi connectivity index (χ4n) is 2.80. The minimum Gasteiger partial charge on any atom is -0.476 e. The van der Waals surface area contributed by atoms with Crippen LogP contribution in [0.2, 0.25) is 0 Å². The predicted octanol–water partition coefficient (Wildman–Crippen LogP) is 1.78. The summed E-state index contributed by atoms with van der Waals surface area (Å²) in [5, 5.41) is 13.2. The van der Waals surface area contributed by atoms with Crippen molar-refractivity contribution >= 4 is 11.8 Å². The molecule has 0 spiro atoms. The molecule has 7 nitrogen and oxygen atoms in total. The molecule has 0 bridgehead atoms. The van der Waals surface area contributed by atoms with Crippen LogP contribution in [-0.2, 0) is 6.54 Å². The van der Waals surface area contributed by atoms with E-state index in [0.717, 1.165) is 38.3 Å². The van der Waals surface area contributed by atoms with Crippen LogP contribution in [0.1, 0.15) is 41.7 Å². The number of carboxylic acids is 1. The molecular formula is C15H19N5O2. The van der Waals surface area contributed by atoms with Gasteiger partial charge >= 0.3 is 5.97 Å². The van der Waals surface area contributed by atoms with Crippen molar-refractivity contribution in [3.63, 3.8) is 0 Å². The summed E-state index contributed by atoms with van der Waals surface area (Å²) in [5.41, 5.74) is 1.28. The quantitative estimate of drug-likeness (QED) is 0.926. The molecule has 2 aromatic rings. The molecule has 0 amide bonds. The molecule has 3 heterocycles. The fourth-order valence-corrected chi connectivity index (χ4v) is 2.80. The summed E-state index contributed by atoms with van der Waals surface area (Å²) < 4.78 is 1.96. The van der Waals surface area contributed by atoms with E-state index in [1.54, 1.807) is 6.20 Å². The average Bonchev–Trinajstić information content (AvgIpc) is 3.04. The number of carbonyl (C=O) groups is 1. The molecular weight excluding hydrogens is 282 g/mol. The van der Waals surface area contributed by atoms with E-state index >= 15 is 0 Å². The van der Waals surface area contributed by atoms with Crippen LogP contribution in [0.4, 0.5) is 5.82 Å². The number of anilines is 1. The highest BCUT2D eigenvalue weighted by Crippen LogP contribution is 2.29. The summed E-state index contributed by atoms with van der Waals surface area (Å²) in [7, 11) is 0. The van der Waals surface area contributed by atoms with Gasteiger partial charge in [-0.2, -0.15) is 5.10 Å². The third-order valence-corrected chi connectivity index (χ3v) is 4.12. The highest BCUT2D eigenvalue weighted by Gasteiger charge is 2.22. The van der Waals surface area contributed by atoms with Crippen molar-refractivity contribution < 1.29 is 9.90 Å². The SMILES string of the molecule is CCn1cc(C2CCN(c3cnc(C(=O)O)cn3)CC2)cn1. The molecule has 7 heteroatoms. The van der Waals surface area contributed by atoms with Crippen molar-refractivity contribution in [3.05, 3.63) is 36.0 Å². The van der Waals surface area contributed by atoms with Crippen LogP contribution in [0.3, 0.4) is 0 Å². The van der Waals surface area contributed by atoms with Gasteiger partial charge < -0.3 is 10.0 Å². The van der Waals surface area contributed by atoms with Crippen molar-refractivity contribution in [2.45, 2.75) is 32.2 Å². The molecule has 1 aliphatic heterocycles. The van der Waals surface area contributed by atoms with Crippen LogP contribution in [0.25, 0.3) is 0 Å². The van der Waals surface area contributed by atoms with Crippen LogP contribution in [0.15, 0.2) is 24.8 Å². The molecule has 0 radical (unpaired) electrons. The summed E-state index contributed by atoms with van der Waals surface area (Å²) in [6.45, 7) is 4.76. The second-order valence-corrected chi connectivity index (χ2v) is 5.46. The molecule has 0 aromatic carbocycles. The Bertz CT molecular complexity index is 644.